The van der Waals surface area contributed by atoms with Crippen molar-refractivity contribution in [1.82, 2.24) is 9.97 Å². The van der Waals surface area contributed by atoms with Gasteiger partial charge in [-0.15, -0.1) is 0 Å². The first kappa shape index (κ1) is 8.84. The Hall–Kier alpha value is -2.43. The summed E-state index contributed by atoms with van der Waals surface area (Å²) >= 11 is 0. The Morgan fingerprint density at radius 2 is 2.31 bits per heavy atom. The molecule has 3 aromatic heterocycles. The van der Waals surface area contributed by atoms with Crippen molar-refractivity contribution < 1.29 is 13.6 Å². The van der Waals surface area contributed by atoms with Crippen molar-refractivity contribution >= 4 is 17.3 Å². The molecule has 0 radical (unpaired) electrons. The Balaban J connectivity index is 2.32. The van der Waals surface area contributed by atoms with Gasteiger partial charge < -0.3 is 8.83 Å². The molecule has 0 atom stereocenters. The topological polar surface area (TPSA) is 69.1 Å². The number of pyridine rings is 1. The van der Waals surface area contributed by atoms with Crippen LogP contribution in [-0.2, 0) is 0 Å². The maximum absolute atomic E-state index is 10.6. The Bertz CT molecular complexity index is 640. The lowest BCUT2D eigenvalue weighted by molar-refractivity contribution is 0.110. The molecule has 0 N–H and O–H groups in total. The number of nitrogens with zero attached hydrogens (tertiary/aromatic N) is 2. The van der Waals surface area contributed by atoms with Gasteiger partial charge in [0.05, 0.1) is 11.6 Å². The lowest BCUT2D eigenvalue weighted by Gasteiger charge is -1.95. The van der Waals surface area contributed by atoms with Crippen LogP contribution in [-0.4, -0.2) is 16.3 Å². The summed E-state index contributed by atoms with van der Waals surface area (Å²) in [6.07, 6.45) is 5.15. The van der Waals surface area contributed by atoms with Gasteiger partial charge in [-0.25, -0.2) is 4.98 Å². The molecule has 0 aliphatic rings. The van der Waals surface area contributed by atoms with Gasteiger partial charge in [0, 0.05) is 6.20 Å². The molecule has 0 amide bonds. The van der Waals surface area contributed by atoms with Gasteiger partial charge in [-0.05, 0) is 12.1 Å². The number of carbonyl (C=O) groups is 1. The highest BCUT2D eigenvalue weighted by Gasteiger charge is 2.12. The minimum Gasteiger partial charge on any atom is -0.453 e. The van der Waals surface area contributed by atoms with Crippen molar-refractivity contribution in [3.63, 3.8) is 0 Å². The molecular formula is C11H6N2O3. The second-order valence-electron chi connectivity index (χ2n) is 3.20. The number of aromatic nitrogens is 2. The molecule has 0 bridgehead atoms. The summed E-state index contributed by atoms with van der Waals surface area (Å²) in [7, 11) is 0. The Labute approximate surface area is 89.7 Å². The first-order valence-electron chi connectivity index (χ1n) is 4.61. The van der Waals surface area contributed by atoms with Crippen LogP contribution in [0.1, 0.15) is 10.6 Å². The Morgan fingerprint density at radius 3 is 3.06 bits per heavy atom. The second kappa shape index (κ2) is 3.30. The molecule has 0 aliphatic heterocycles. The zero-order chi connectivity index (χ0) is 11.0. The van der Waals surface area contributed by atoms with Crippen LogP contribution in [0.25, 0.3) is 22.4 Å². The number of carbonyl (C=O) groups excluding carboxylic acids is 1. The minimum atomic E-state index is 0.267. The maximum atomic E-state index is 10.6. The lowest BCUT2D eigenvalue weighted by Crippen LogP contribution is -1.80. The van der Waals surface area contributed by atoms with E-state index in [2.05, 4.69) is 9.97 Å². The fourth-order valence-corrected chi connectivity index (χ4v) is 1.57. The summed E-state index contributed by atoms with van der Waals surface area (Å²) in [6.45, 7) is 0. The predicted octanol–water partition coefficient (Wildman–Crippen LogP) is 2.30. The van der Waals surface area contributed by atoms with Gasteiger partial charge in [0.25, 0.3) is 0 Å². The molecular weight excluding hydrogens is 208 g/mol. The molecule has 0 aliphatic carbocycles. The monoisotopic (exact) mass is 214 g/mol. The van der Waals surface area contributed by atoms with Gasteiger partial charge in [-0.3, -0.25) is 9.78 Å². The van der Waals surface area contributed by atoms with Crippen molar-refractivity contribution in [3.05, 3.63) is 36.7 Å². The third-order valence-corrected chi connectivity index (χ3v) is 2.25. The van der Waals surface area contributed by atoms with E-state index in [-0.39, 0.29) is 5.76 Å². The van der Waals surface area contributed by atoms with Crippen LogP contribution >= 0.6 is 0 Å². The molecule has 16 heavy (non-hydrogen) atoms. The number of furan rings is 1. The molecule has 0 fully saturated rings. The van der Waals surface area contributed by atoms with E-state index in [4.69, 9.17) is 8.83 Å². The van der Waals surface area contributed by atoms with E-state index in [1.807, 2.05) is 0 Å². The van der Waals surface area contributed by atoms with Crippen molar-refractivity contribution in [2.45, 2.75) is 0 Å². The third-order valence-electron chi connectivity index (χ3n) is 2.25. The van der Waals surface area contributed by atoms with E-state index in [1.165, 1.54) is 6.39 Å². The Morgan fingerprint density at radius 1 is 1.38 bits per heavy atom. The molecule has 0 unspecified atom stereocenters. The van der Waals surface area contributed by atoms with Crippen molar-refractivity contribution in [2.24, 2.45) is 0 Å². The SMILES string of the molecule is O=Cc1cc2c(-c3cnco3)nccc2o1. The molecule has 0 spiro atoms. The van der Waals surface area contributed by atoms with Gasteiger partial charge in [-0.2, -0.15) is 0 Å². The quantitative estimate of drug-likeness (QED) is 0.612. The molecule has 5 heteroatoms. The van der Waals surface area contributed by atoms with Gasteiger partial charge in [0.1, 0.15) is 11.3 Å². The standard InChI is InChI=1S/C11H6N2O3/c14-5-7-3-8-9(16-7)1-2-13-11(8)10-4-12-6-15-10/h1-6H. The summed E-state index contributed by atoms with van der Waals surface area (Å²) in [5, 5.41) is 0.737. The largest absolute Gasteiger partial charge is 0.453 e. The zero-order valence-electron chi connectivity index (χ0n) is 8.08. The molecule has 0 aromatic carbocycles. The normalized spacial score (nSPS) is 10.8. The summed E-state index contributed by atoms with van der Waals surface area (Å²) in [4.78, 5) is 18.6. The first-order chi connectivity index (χ1) is 7.88. The number of oxazole rings is 1. The molecule has 3 aromatic rings. The summed E-state index contributed by atoms with van der Waals surface area (Å²) < 4.78 is 10.5. The van der Waals surface area contributed by atoms with Crippen molar-refractivity contribution in [1.29, 1.82) is 0 Å². The average molecular weight is 214 g/mol. The first-order valence-corrected chi connectivity index (χ1v) is 4.61. The maximum Gasteiger partial charge on any atom is 0.185 e. The fourth-order valence-electron chi connectivity index (χ4n) is 1.57. The summed E-state index contributed by atoms with van der Waals surface area (Å²) in [6, 6.07) is 3.33. The Kier molecular flexibility index (Phi) is 1.83. The van der Waals surface area contributed by atoms with E-state index in [1.54, 1.807) is 24.5 Å². The number of hydrogen-bond acceptors (Lipinski definition) is 5. The number of aldehydes is 1. The number of hydrogen-bond donors (Lipinski definition) is 0. The van der Waals surface area contributed by atoms with Crippen LogP contribution in [0.15, 0.2) is 39.8 Å². The van der Waals surface area contributed by atoms with Crippen LogP contribution in [0.2, 0.25) is 0 Å². The highest BCUT2D eigenvalue weighted by atomic mass is 16.3. The number of rotatable bonds is 2. The third kappa shape index (κ3) is 1.22. The molecule has 78 valence electrons. The van der Waals surface area contributed by atoms with Crippen LogP contribution in [0.3, 0.4) is 0 Å². The van der Waals surface area contributed by atoms with Crippen molar-refractivity contribution in [2.75, 3.05) is 0 Å². The predicted molar refractivity (Wildman–Crippen MR) is 54.9 cm³/mol. The van der Waals surface area contributed by atoms with E-state index in [0.717, 1.165) is 5.39 Å². The van der Waals surface area contributed by atoms with Crippen molar-refractivity contribution in [3.8, 4) is 11.5 Å². The van der Waals surface area contributed by atoms with Gasteiger partial charge >= 0.3 is 0 Å². The summed E-state index contributed by atoms with van der Waals surface area (Å²) in [5.74, 6) is 0.813. The molecule has 0 saturated carbocycles. The molecule has 5 nitrogen and oxygen atoms in total. The van der Waals surface area contributed by atoms with Gasteiger partial charge in [0.15, 0.2) is 24.2 Å². The van der Waals surface area contributed by atoms with E-state index in [9.17, 15) is 4.79 Å². The highest BCUT2D eigenvalue weighted by molar-refractivity contribution is 5.93. The van der Waals surface area contributed by atoms with E-state index >= 15 is 0 Å². The van der Waals surface area contributed by atoms with Gasteiger partial charge in [0.2, 0.25) is 0 Å². The average Bonchev–Trinajstić information content (AvgIpc) is 2.97. The van der Waals surface area contributed by atoms with Crippen LogP contribution < -0.4 is 0 Å². The van der Waals surface area contributed by atoms with Crippen LogP contribution in [0, 0.1) is 0 Å². The number of fused-ring (bicyclic) bond motifs is 1. The molecule has 3 heterocycles. The van der Waals surface area contributed by atoms with Crippen LogP contribution in [0.5, 0.6) is 0 Å². The minimum absolute atomic E-state index is 0.267. The lowest BCUT2D eigenvalue weighted by atomic mass is 10.2. The highest BCUT2D eigenvalue weighted by Crippen LogP contribution is 2.28. The second-order valence-corrected chi connectivity index (χ2v) is 3.20. The van der Waals surface area contributed by atoms with Crippen LogP contribution in [0.4, 0.5) is 0 Å². The smallest absolute Gasteiger partial charge is 0.185 e. The molecule has 0 saturated heterocycles. The molecule has 3 rings (SSSR count). The van der Waals surface area contributed by atoms with Gasteiger partial charge in [-0.1, -0.05) is 0 Å². The fraction of sp³-hybridized carbons (Fsp3) is 0. The summed E-state index contributed by atoms with van der Waals surface area (Å²) in [5.41, 5.74) is 1.22. The zero-order valence-corrected chi connectivity index (χ0v) is 8.08. The van der Waals surface area contributed by atoms with E-state index < -0.39 is 0 Å². The van der Waals surface area contributed by atoms with E-state index in [0.29, 0.717) is 23.3 Å².